The van der Waals surface area contributed by atoms with Crippen molar-refractivity contribution in [3.05, 3.63) is 99.4 Å². The van der Waals surface area contributed by atoms with Gasteiger partial charge >= 0.3 is 0 Å². The number of benzene rings is 2. The summed E-state index contributed by atoms with van der Waals surface area (Å²) in [4.78, 5) is 33.1. The van der Waals surface area contributed by atoms with E-state index in [1.165, 1.54) is 0 Å². The summed E-state index contributed by atoms with van der Waals surface area (Å²) in [6.45, 7) is 21.0. The van der Waals surface area contributed by atoms with E-state index >= 15 is 0 Å². The number of amides is 2. The van der Waals surface area contributed by atoms with E-state index in [2.05, 4.69) is 78.9 Å². The molecule has 2 amide bonds. The predicted molar refractivity (Wildman–Crippen MR) is 178 cm³/mol. The Labute approximate surface area is 259 Å². The summed E-state index contributed by atoms with van der Waals surface area (Å²) in [5.74, 6) is 0.745. The lowest BCUT2D eigenvalue weighted by atomic mass is 9.88. The fourth-order valence-corrected chi connectivity index (χ4v) is 5.84. The molecule has 2 atom stereocenters. The van der Waals surface area contributed by atoms with E-state index < -0.39 is 0 Å². The summed E-state index contributed by atoms with van der Waals surface area (Å²) < 4.78 is 0. The molecule has 3 aromatic rings. The molecule has 0 fully saturated rings. The summed E-state index contributed by atoms with van der Waals surface area (Å²) in [7, 11) is 3.79. The van der Waals surface area contributed by atoms with Crippen molar-refractivity contribution in [2.24, 2.45) is 0 Å². The molecule has 2 aromatic carbocycles. The molecule has 1 aromatic heterocycles. The molecular weight excluding hydrogens is 532 g/mol. The molecule has 3 rings (SSSR count). The second kappa shape index (κ2) is 14.3. The minimum absolute atomic E-state index is 0.0365. The number of hydrazine groups is 1. The first kappa shape index (κ1) is 34.0. The van der Waals surface area contributed by atoms with Gasteiger partial charge in [-0.2, -0.15) is 0 Å². The first-order chi connectivity index (χ1) is 20.2. The SMILES string of the molecule is CC(C)c1cccc(C(C)C)c1C(=O)NC(C)c1cccc(C(C)N(C(=O)c2c(C(C)C)cccc2C(C)C)N(C)C)n1. The van der Waals surface area contributed by atoms with Crippen LogP contribution in [-0.4, -0.2) is 40.9 Å². The van der Waals surface area contributed by atoms with Gasteiger partial charge in [0.05, 0.1) is 23.5 Å². The summed E-state index contributed by atoms with van der Waals surface area (Å²) in [5.41, 5.74) is 7.25. The minimum atomic E-state index is -0.334. The van der Waals surface area contributed by atoms with Crippen molar-refractivity contribution in [2.45, 2.75) is 105 Å². The molecule has 0 bridgehead atoms. The first-order valence-corrected chi connectivity index (χ1v) is 15.7. The smallest absolute Gasteiger partial charge is 0.269 e. The van der Waals surface area contributed by atoms with Crippen molar-refractivity contribution in [1.82, 2.24) is 20.3 Å². The second-order valence-corrected chi connectivity index (χ2v) is 13.1. The van der Waals surface area contributed by atoms with Gasteiger partial charge in [-0.25, -0.2) is 5.01 Å². The lowest BCUT2D eigenvalue weighted by Gasteiger charge is -2.36. The van der Waals surface area contributed by atoms with E-state index in [1.807, 2.05) is 69.3 Å². The highest BCUT2D eigenvalue weighted by Crippen LogP contribution is 2.32. The van der Waals surface area contributed by atoms with E-state index in [1.54, 1.807) is 5.01 Å². The maximum absolute atomic E-state index is 14.3. The third-order valence-electron chi connectivity index (χ3n) is 8.20. The number of carbonyl (C=O) groups is 2. The van der Waals surface area contributed by atoms with Gasteiger partial charge in [0.15, 0.2) is 0 Å². The van der Waals surface area contributed by atoms with E-state index in [-0.39, 0.29) is 47.6 Å². The van der Waals surface area contributed by atoms with Gasteiger partial charge in [-0.1, -0.05) is 97.9 Å². The zero-order chi connectivity index (χ0) is 32.2. The molecule has 0 saturated heterocycles. The third kappa shape index (κ3) is 7.53. The number of nitrogens with one attached hydrogen (secondary N) is 1. The van der Waals surface area contributed by atoms with Crippen LogP contribution in [0.2, 0.25) is 0 Å². The fourth-order valence-electron chi connectivity index (χ4n) is 5.84. The largest absolute Gasteiger partial charge is 0.344 e. The average molecular weight is 585 g/mol. The van der Waals surface area contributed by atoms with Crippen LogP contribution in [0.15, 0.2) is 54.6 Å². The lowest BCUT2D eigenvalue weighted by molar-refractivity contribution is -0.00263. The second-order valence-electron chi connectivity index (χ2n) is 13.1. The van der Waals surface area contributed by atoms with Gasteiger partial charge in [-0.15, -0.1) is 0 Å². The normalized spacial score (nSPS) is 13.2. The standard InChI is InChI=1S/C37H52N4O2/c1-22(2)28-16-13-17-29(23(3)4)34(28)36(42)38-26(9)32-20-15-21-33(39-32)27(10)41(40(11)12)37(43)35-30(24(5)6)18-14-19-31(35)25(7)8/h13-27H,1-12H3,(H,38,42). The molecule has 232 valence electrons. The molecule has 1 heterocycles. The zero-order valence-electron chi connectivity index (χ0n) is 28.3. The van der Waals surface area contributed by atoms with Crippen molar-refractivity contribution in [1.29, 1.82) is 0 Å². The maximum atomic E-state index is 14.3. The molecule has 0 aliphatic heterocycles. The van der Waals surface area contributed by atoms with E-state index in [4.69, 9.17) is 4.98 Å². The number of carbonyl (C=O) groups excluding carboxylic acids is 2. The highest BCUT2D eigenvalue weighted by molar-refractivity contribution is 5.98. The highest BCUT2D eigenvalue weighted by Gasteiger charge is 2.31. The molecule has 0 aliphatic carbocycles. The van der Waals surface area contributed by atoms with E-state index in [9.17, 15) is 9.59 Å². The Balaban J connectivity index is 1.96. The zero-order valence-corrected chi connectivity index (χ0v) is 28.3. The summed E-state index contributed by atoms with van der Waals surface area (Å²) >= 11 is 0. The molecule has 0 aliphatic rings. The van der Waals surface area contributed by atoms with Crippen LogP contribution in [0.1, 0.15) is 159 Å². The number of hydrogen-bond acceptors (Lipinski definition) is 4. The number of nitrogens with zero attached hydrogens (tertiary/aromatic N) is 3. The van der Waals surface area contributed by atoms with Gasteiger partial charge in [0.2, 0.25) is 0 Å². The highest BCUT2D eigenvalue weighted by atomic mass is 16.2. The molecular formula is C37H52N4O2. The van der Waals surface area contributed by atoms with Crippen molar-refractivity contribution >= 4 is 11.8 Å². The van der Waals surface area contributed by atoms with Crippen molar-refractivity contribution in [3.8, 4) is 0 Å². The molecule has 2 unspecified atom stereocenters. The number of pyridine rings is 1. The van der Waals surface area contributed by atoms with Crippen LogP contribution in [-0.2, 0) is 0 Å². The average Bonchev–Trinajstić information content (AvgIpc) is 2.95. The Morgan fingerprint density at radius 3 is 1.42 bits per heavy atom. The van der Waals surface area contributed by atoms with Gasteiger partial charge in [0.25, 0.3) is 11.8 Å². The summed E-state index contributed by atoms with van der Waals surface area (Å²) in [6.07, 6.45) is 0. The fraction of sp³-hybridized carbons (Fsp3) is 0.486. The van der Waals surface area contributed by atoms with Gasteiger partial charge in [-0.3, -0.25) is 19.6 Å². The monoisotopic (exact) mass is 584 g/mol. The molecule has 0 radical (unpaired) electrons. The lowest BCUT2D eigenvalue weighted by Crippen LogP contribution is -2.44. The Morgan fingerprint density at radius 1 is 0.605 bits per heavy atom. The molecule has 0 spiro atoms. The van der Waals surface area contributed by atoms with Crippen molar-refractivity contribution in [3.63, 3.8) is 0 Å². The van der Waals surface area contributed by atoms with Crippen molar-refractivity contribution < 1.29 is 9.59 Å². The minimum Gasteiger partial charge on any atom is -0.344 e. The van der Waals surface area contributed by atoms with Crippen LogP contribution >= 0.6 is 0 Å². The van der Waals surface area contributed by atoms with Gasteiger partial charge in [-0.05, 0) is 71.9 Å². The van der Waals surface area contributed by atoms with Crippen LogP contribution in [0.3, 0.4) is 0 Å². The first-order valence-electron chi connectivity index (χ1n) is 15.7. The molecule has 1 N–H and O–H groups in total. The number of hydrogen-bond donors (Lipinski definition) is 1. The van der Waals surface area contributed by atoms with Gasteiger partial charge < -0.3 is 5.32 Å². The Bertz CT molecular complexity index is 1370. The third-order valence-corrected chi connectivity index (χ3v) is 8.20. The molecule has 43 heavy (non-hydrogen) atoms. The molecule has 6 heteroatoms. The Kier molecular flexibility index (Phi) is 11.3. The van der Waals surface area contributed by atoms with Crippen LogP contribution < -0.4 is 5.32 Å². The quantitative estimate of drug-likeness (QED) is 0.229. The predicted octanol–water partition coefficient (Wildman–Crippen LogP) is 8.75. The summed E-state index contributed by atoms with van der Waals surface area (Å²) in [6, 6.07) is 17.5. The number of rotatable bonds is 11. The van der Waals surface area contributed by atoms with Crippen LogP contribution in [0.5, 0.6) is 0 Å². The topological polar surface area (TPSA) is 65.5 Å². The summed E-state index contributed by atoms with van der Waals surface area (Å²) in [5, 5.41) is 6.86. The Hall–Kier alpha value is -3.51. The van der Waals surface area contributed by atoms with E-state index in [0.29, 0.717) is 0 Å². The van der Waals surface area contributed by atoms with Crippen LogP contribution in [0, 0.1) is 0 Å². The van der Waals surface area contributed by atoms with Gasteiger partial charge in [0.1, 0.15) is 0 Å². The maximum Gasteiger partial charge on any atom is 0.269 e. The molecule has 6 nitrogen and oxygen atoms in total. The van der Waals surface area contributed by atoms with Crippen LogP contribution in [0.4, 0.5) is 0 Å². The van der Waals surface area contributed by atoms with Gasteiger partial charge in [0, 0.05) is 25.2 Å². The van der Waals surface area contributed by atoms with E-state index in [0.717, 1.165) is 44.8 Å². The Morgan fingerprint density at radius 2 is 1.00 bits per heavy atom. The van der Waals surface area contributed by atoms with Crippen molar-refractivity contribution in [2.75, 3.05) is 14.1 Å². The van der Waals surface area contributed by atoms with Crippen LogP contribution in [0.25, 0.3) is 0 Å². The molecule has 0 saturated carbocycles. The number of aromatic nitrogens is 1.